The Hall–Kier alpha value is -2.47. The van der Waals surface area contributed by atoms with Gasteiger partial charge in [0.25, 0.3) is 11.9 Å². The number of nitrogens with zero attached hydrogens (tertiary/aromatic N) is 1. The van der Waals surface area contributed by atoms with Gasteiger partial charge >= 0.3 is 0 Å². The van der Waals surface area contributed by atoms with Gasteiger partial charge < -0.3 is 5.11 Å². The molecular formula is C16H9F4NO. The van der Waals surface area contributed by atoms with Crippen LogP contribution in [0.2, 0.25) is 0 Å². The zero-order valence-corrected chi connectivity index (χ0v) is 11.0. The van der Waals surface area contributed by atoms with Gasteiger partial charge in [0, 0.05) is 0 Å². The number of benzene rings is 2. The molecule has 1 heterocycles. The van der Waals surface area contributed by atoms with Crippen molar-refractivity contribution in [3.63, 3.8) is 0 Å². The minimum absolute atomic E-state index is 0.113. The molecule has 0 bridgehead atoms. The van der Waals surface area contributed by atoms with E-state index in [2.05, 4.69) is 4.98 Å². The van der Waals surface area contributed by atoms with Crippen LogP contribution in [0.3, 0.4) is 0 Å². The molecule has 22 heavy (non-hydrogen) atoms. The van der Waals surface area contributed by atoms with Gasteiger partial charge in [-0.25, -0.2) is 8.78 Å². The van der Waals surface area contributed by atoms with Gasteiger partial charge in [-0.2, -0.15) is 13.8 Å². The van der Waals surface area contributed by atoms with Gasteiger partial charge in [-0.3, -0.25) is 0 Å². The molecule has 0 spiro atoms. The Morgan fingerprint density at radius 2 is 1.41 bits per heavy atom. The first-order valence-corrected chi connectivity index (χ1v) is 6.35. The number of hydrogen-bond acceptors (Lipinski definition) is 2. The van der Waals surface area contributed by atoms with E-state index in [1.807, 2.05) is 12.1 Å². The van der Waals surface area contributed by atoms with Gasteiger partial charge in [0.15, 0.2) is 11.6 Å². The van der Waals surface area contributed by atoms with Gasteiger partial charge in [0.05, 0.1) is 5.56 Å². The van der Waals surface area contributed by atoms with Gasteiger partial charge in [0.1, 0.15) is 6.10 Å². The highest BCUT2D eigenvalue weighted by Crippen LogP contribution is 2.30. The van der Waals surface area contributed by atoms with Crippen LogP contribution in [0.1, 0.15) is 17.2 Å². The molecule has 2 aromatic carbocycles. The van der Waals surface area contributed by atoms with Crippen LogP contribution in [0.15, 0.2) is 42.5 Å². The summed E-state index contributed by atoms with van der Waals surface area (Å²) in [5, 5.41) is 11.7. The zero-order chi connectivity index (χ0) is 15.9. The number of pyridine rings is 1. The van der Waals surface area contributed by atoms with Crippen LogP contribution < -0.4 is 0 Å². The fraction of sp³-hybridized carbons (Fsp3) is 0.0625. The maximum atomic E-state index is 13.7. The predicted molar refractivity (Wildman–Crippen MR) is 72.1 cm³/mol. The molecule has 0 saturated carbocycles. The summed E-state index contributed by atoms with van der Waals surface area (Å²) in [6, 6.07) is 11.7. The van der Waals surface area contributed by atoms with Crippen molar-refractivity contribution in [2.45, 2.75) is 6.10 Å². The number of hydrogen-bond donors (Lipinski definition) is 1. The van der Waals surface area contributed by atoms with Crippen LogP contribution in [0, 0.1) is 23.5 Å². The number of halogens is 4. The topological polar surface area (TPSA) is 33.1 Å². The summed E-state index contributed by atoms with van der Waals surface area (Å²) in [6.07, 6.45) is -1.85. The standard InChI is InChI=1S/C16H9F4NO/c17-12-11(13(18)16(20)21-15(12)19)14(22)10-6-5-8-3-1-2-4-9(8)7-10/h1-7,14,22H. The van der Waals surface area contributed by atoms with Crippen LogP contribution in [0.4, 0.5) is 17.6 Å². The quantitative estimate of drug-likeness (QED) is 0.576. The lowest BCUT2D eigenvalue weighted by Gasteiger charge is -2.14. The Labute approximate surface area is 122 Å². The lowest BCUT2D eigenvalue weighted by Crippen LogP contribution is -2.11. The summed E-state index contributed by atoms with van der Waals surface area (Å²) >= 11 is 0. The van der Waals surface area contributed by atoms with Gasteiger partial charge in [-0.1, -0.05) is 36.4 Å². The highest BCUT2D eigenvalue weighted by atomic mass is 19.2. The first-order valence-electron chi connectivity index (χ1n) is 6.35. The number of aliphatic hydroxyl groups excluding tert-OH is 1. The van der Waals surface area contributed by atoms with E-state index in [1.54, 1.807) is 18.2 Å². The molecule has 6 heteroatoms. The van der Waals surface area contributed by atoms with Crippen LogP contribution in [0.25, 0.3) is 10.8 Å². The normalized spacial score (nSPS) is 12.6. The third-order valence-corrected chi connectivity index (χ3v) is 3.39. The summed E-state index contributed by atoms with van der Waals surface area (Å²) in [5.41, 5.74) is -0.984. The van der Waals surface area contributed by atoms with E-state index in [4.69, 9.17) is 0 Å². The fourth-order valence-corrected chi connectivity index (χ4v) is 2.29. The zero-order valence-electron chi connectivity index (χ0n) is 11.0. The smallest absolute Gasteiger partial charge is 0.252 e. The maximum Gasteiger partial charge on any atom is 0.252 e. The first-order chi connectivity index (χ1) is 10.5. The molecule has 1 atom stereocenters. The fourth-order valence-electron chi connectivity index (χ4n) is 2.29. The van der Waals surface area contributed by atoms with E-state index in [1.165, 1.54) is 12.1 Å². The van der Waals surface area contributed by atoms with E-state index >= 15 is 0 Å². The Kier molecular flexibility index (Phi) is 3.54. The second-order valence-corrected chi connectivity index (χ2v) is 4.74. The number of aliphatic hydroxyl groups is 1. The minimum atomic E-state index is -1.85. The molecule has 0 radical (unpaired) electrons. The average Bonchev–Trinajstić information content (AvgIpc) is 2.52. The summed E-state index contributed by atoms with van der Waals surface area (Å²) in [4.78, 5) is 2.46. The van der Waals surface area contributed by atoms with Crippen molar-refractivity contribution in [1.29, 1.82) is 0 Å². The summed E-state index contributed by atoms with van der Waals surface area (Å²) < 4.78 is 53.7. The highest BCUT2D eigenvalue weighted by Gasteiger charge is 2.27. The van der Waals surface area contributed by atoms with Crippen LogP contribution in [-0.4, -0.2) is 10.1 Å². The van der Waals surface area contributed by atoms with Crippen molar-refractivity contribution >= 4 is 10.8 Å². The number of fused-ring (bicyclic) bond motifs is 1. The Balaban J connectivity index is 2.15. The van der Waals surface area contributed by atoms with Crippen LogP contribution >= 0.6 is 0 Å². The molecule has 0 aliphatic carbocycles. The molecule has 0 saturated heterocycles. The highest BCUT2D eigenvalue weighted by molar-refractivity contribution is 5.83. The van der Waals surface area contributed by atoms with Crippen molar-refractivity contribution < 1.29 is 22.7 Å². The molecule has 3 aromatic rings. The molecule has 3 rings (SSSR count). The van der Waals surface area contributed by atoms with E-state index in [0.717, 1.165) is 10.8 Å². The number of aromatic nitrogens is 1. The molecule has 0 aliphatic heterocycles. The van der Waals surface area contributed by atoms with Crippen molar-refractivity contribution in [2.75, 3.05) is 0 Å². The van der Waals surface area contributed by atoms with E-state index in [9.17, 15) is 22.7 Å². The Morgan fingerprint density at radius 1 is 0.818 bits per heavy atom. The molecule has 1 unspecified atom stereocenters. The molecule has 0 fully saturated rings. The molecule has 1 N–H and O–H groups in total. The van der Waals surface area contributed by atoms with Gasteiger partial charge in [-0.05, 0) is 22.4 Å². The minimum Gasteiger partial charge on any atom is -0.383 e. The molecule has 0 amide bonds. The molecule has 2 nitrogen and oxygen atoms in total. The van der Waals surface area contributed by atoms with Crippen LogP contribution in [0.5, 0.6) is 0 Å². The largest absolute Gasteiger partial charge is 0.383 e. The number of rotatable bonds is 2. The average molecular weight is 307 g/mol. The van der Waals surface area contributed by atoms with E-state index in [0.29, 0.717) is 0 Å². The Morgan fingerprint density at radius 3 is 2.05 bits per heavy atom. The summed E-state index contributed by atoms with van der Waals surface area (Å²) in [7, 11) is 0. The monoisotopic (exact) mass is 307 g/mol. The SMILES string of the molecule is OC(c1ccc2ccccc2c1)c1c(F)c(F)nc(F)c1F. The third-order valence-electron chi connectivity index (χ3n) is 3.39. The second-order valence-electron chi connectivity index (χ2n) is 4.74. The molecule has 1 aromatic heterocycles. The summed E-state index contributed by atoms with van der Waals surface area (Å²) in [5.74, 6) is -7.01. The predicted octanol–water partition coefficient (Wildman–Crippen LogP) is 3.87. The van der Waals surface area contributed by atoms with Crippen molar-refractivity contribution in [3.05, 3.63) is 77.1 Å². The summed E-state index contributed by atoms with van der Waals surface area (Å²) in [6.45, 7) is 0. The molecule has 112 valence electrons. The van der Waals surface area contributed by atoms with Crippen molar-refractivity contribution in [1.82, 2.24) is 4.98 Å². The lowest BCUT2D eigenvalue weighted by molar-refractivity contribution is 0.203. The molecule has 0 aliphatic rings. The third kappa shape index (κ3) is 2.31. The van der Waals surface area contributed by atoms with Crippen LogP contribution in [-0.2, 0) is 0 Å². The van der Waals surface area contributed by atoms with Gasteiger partial charge in [0.2, 0.25) is 0 Å². The Bertz CT molecular complexity index is 840. The van der Waals surface area contributed by atoms with Crippen molar-refractivity contribution in [2.24, 2.45) is 0 Å². The maximum absolute atomic E-state index is 13.7. The second kappa shape index (κ2) is 5.38. The van der Waals surface area contributed by atoms with E-state index in [-0.39, 0.29) is 5.56 Å². The van der Waals surface area contributed by atoms with Gasteiger partial charge in [-0.15, -0.1) is 0 Å². The lowest BCUT2D eigenvalue weighted by atomic mass is 9.98. The molecular weight excluding hydrogens is 298 g/mol. The van der Waals surface area contributed by atoms with E-state index < -0.39 is 35.2 Å². The van der Waals surface area contributed by atoms with Crippen molar-refractivity contribution in [3.8, 4) is 0 Å². The first kappa shape index (κ1) is 14.5.